The SMILES string of the molecule is Cc1ccc(O[C@H]2CCN(c3cc(-c4ccccc4)ccc3CO)C2)nc1. The van der Waals surface area contributed by atoms with Gasteiger partial charge in [0.15, 0.2) is 0 Å². The molecule has 1 aromatic heterocycles. The summed E-state index contributed by atoms with van der Waals surface area (Å²) in [6, 6.07) is 20.5. The summed E-state index contributed by atoms with van der Waals surface area (Å²) in [6.45, 7) is 3.75. The van der Waals surface area contributed by atoms with Crippen molar-refractivity contribution in [1.82, 2.24) is 4.98 Å². The Kier molecular flexibility index (Phi) is 5.07. The van der Waals surface area contributed by atoms with E-state index in [1.165, 1.54) is 5.56 Å². The minimum atomic E-state index is 0.0337. The van der Waals surface area contributed by atoms with Gasteiger partial charge in [-0.05, 0) is 29.7 Å². The van der Waals surface area contributed by atoms with E-state index in [2.05, 4.69) is 34.1 Å². The molecule has 1 N–H and O–H groups in total. The van der Waals surface area contributed by atoms with Gasteiger partial charge in [-0.1, -0.05) is 48.5 Å². The smallest absolute Gasteiger partial charge is 0.213 e. The van der Waals surface area contributed by atoms with Gasteiger partial charge in [0, 0.05) is 36.5 Å². The second-order valence-electron chi connectivity index (χ2n) is 7.02. The van der Waals surface area contributed by atoms with Crippen molar-refractivity contribution in [2.45, 2.75) is 26.1 Å². The zero-order valence-electron chi connectivity index (χ0n) is 15.5. The number of aryl methyl sites for hydroxylation is 1. The van der Waals surface area contributed by atoms with E-state index < -0.39 is 0 Å². The van der Waals surface area contributed by atoms with Crippen molar-refractivity contribution in [1.29, 1.82) is 0 Å². The zero-order chi connectivity index (χ0) is 18.6. The molecule has 0 unspecified atom stereocenters. The monoisotopic (exact) mass is 360 g/mol. The van der Waals surface area contributed by atoms with Crippen LogP contribution in [0.25, 0.3) is 11.1 Å². The van der Waals surface area contributed by atoms with Crippen LogP contribution in [-0.2, 0) is 6.61 Å². The van der Waals surface area contributed by atoms with Crippen LogP contribution in [-0.4, -0.2) is 29.3 Å². The van der Waals surface area contributed by atoms with Crippen molar-refractivity contribution in [2.24, 2.45) is 0 Å². The summed E-state index contributed by atoms with van der Waals surface area (Å²) in [5.74, 6) is 0.674. The van der Waals surface area contributed by atoms with Crippen molar-refractivity contribution in [2.75, 3.05) is 18.0 Å². The van der Waals surface area contributed by atoms with Crippen molar-refractivity contribution in [3.8, 4) is 17.0 Å². The highest BCUT2D eigenvalue weighted by Crippen LogP contribution is 2.31. The normalized spacial score (nSPS) is 16.5. The third kappa shape index (κ3) is 3.96. The number of anilines is 1. The Morgan fingerprint density at radius 3 is 2.67 bits per heavy atom. The van der Waals surface area contributed by atoms with Gasteiger partial charge >= 0.3 is 0 Å². The lowest BCUT2D eigenvalue weighted by atomic mass is 10.0. The number of ether oxygens (including phenoxy) is 1. The van der Waals surface area contributed by atoms with E-state index in [1.807, 2.05) is 49.5 Å². The molecule has 0 bridgehead atoms. The highest BCUT2D eigenvalue weighted by atomic mass is 16.5. The Labute approximate surface area is 160 Å². The summed E-state index contributed by atoms with van der Waals surface area (Å²) in [4.78, 5) is 6.65. The molecule has 4 rings (SSSR count). The Balaban J connectivity index is 1.53. The van der Waals surface area contributed by atoms with Gasteiger partial charge in [0.25, 0.3) is 0 Å². The van der Waals surface area contributed by atoms with Crippen LogP contribution in [0.1, 0.15) is 17.5 Å². The van der Waals surface area contributed by atoms with Crippen molar-refractivity contribution in [3.63, 3.8) is 0 Å². The molecule has 27 heavy (non-hydrogen) atoms. The van der Waals surface area contributed by atoms with E-state index in [0.717, 1.165) is 41.9 Å². The number of rotatable bonds is 5. The van der Waals surface area contributed by atoms with Crippen LogP contribution in [0, 0.1) is 6.92 Å². The third-order valence-electron chi connectivity index (χ3n) is 5.02. The van der Waals surface area contributed by atoms with Gasteiger partial charge in [-0.2, -0.15) is 0 Å². The largest absolute Gasteiger partial charge is 0.472 e. The number of aliphatic hydroxyl groups excluding tert-OH is 1. The standard InChI is InChI=1S/C23H24N2O2/c1-17-7-10-23(24-14-17)27-21-11-12-25(15-21)22-13-19(8-9-20(22)16-26)18-5-3-2-4-6-18/h2-10,13-14,21,26H,11-12,15-16H2,1H3/t21-/m0/s1. The first-order valence-corrected chi connectivity index (χ1v) is 9.36. The molecule has 4 nitrogen and oxygen atoms in total. The highest BCUT2D eigenvalue weighted by Gasteiger charge is 2.26. The van der Waals surface area contributed by atoms with Gasteiger partial charge < -0.3 is 14.7 Å². The maximum absolute atomic E-state index is 9.80. The van der Waals surface area contributed by atoms with E-state index in [9.17, 15) is 5.11 Å². The van der Waals surface area contributed by atoms with Gasteiger partial charge in [0.05, 0.1) is 13.2 Å². The minimum Gasteiger partial charge on any atom is -0.472 e. The third-order valence-corrected chi connectivity index (χ3v) is 5.02. The molecule has 0 aliphatic carbocycles. The van der Waals surface area contributed by atoms with Crippen LogP contribution < -0.4 is 9.64 Å². The molecule has 4 heteroatoms. The molecule has 138 valence electrons. The Hall–Kier alpha value is -2.85. The first-order valence-electron chi connectivity index (χ1n) is 9.36. The molecule has 3 aromatic rings. The Morgan fingerprint density at radius 1 is 1.07 bits per heavy atom. The summed E-state index contributed by atoms with van der Waals surface area (Å²) < 4.78 is 6.06. The molecule has 0 spiro atoms. The van der Waals surface area contributed by atoms with E-state index in [0.29, 0.717) is 5.88 Å². The first-order chi connectivity index (χ1) is 13.2. The van der Waals surface area contributed by atoms with E-state index in [4.69, 9.17) is 4.74 Å². The number of nitrogens with zero attached hydrogens (tertiary/aromatic N) is 2. The Bertz CT molecular complexity index is 894. The van der Waals surface area contributed by atoms with Crippen LogP contribution >= 0.6 is 0 Å². The molecule has 0 saturated carbocycles. The van der Waals surface area contributed by atoms with Gasteiger partial charge in [-0.3, -0.25) is 0 Å². The maximum Gasteiger partial charge on any atom is 0.213 e. The Morgan fingerprint density at radius 2 is 1.93 bits per heavy atom. The number of hydrogen-bond donors (Lipinski definition) is 1. The second-order valence-corrected chi connectivity index (χ2v) is 7.02. The molecule has 2 aromatic carbocycles. The van der Waals surface area contributed by atoms with Gasteiger partial charge in [-0.15, -0.1) is 0 Å². The molecule has 1 atom stereocenters. The fourth-order valence-corrected chi connectivity index (χ4v) is 3.54. The molecule has 0 amide bonds. The first kappa shape index (κ1) is 17.6. The quantitative estimate of drug-likeness (QED) is 0.740. The van der Waals surface area contributed by atoms with Crippen LogP contribution in [0.15, 0.2) is 66.9 Å². The highest BCUT2D eigenvalue weighted by molar-refractivity contribution is 5.71. The fourth-order valence-electron chi connectivity index (χ4n) is 3.54. The molecular weight excluding hydrogens is 336 g/mol. The van der Waals surface area contributed by atoms with Crippen molar-refractivity contribution < 1.29 is 9.84 Å². The van der Waals surface area contributed by atoms with Crippen LogP contribution in [0.4, 0.5) is 5.69 Å². The molecular formula is C23H24N2O2. The number of aromatic nitrogens is 1. The van der Waals surface area contributed by atoms with Gasteiger partial charge in [-0.25, -0.2) is 4.98 Å². The molecule has 1 aliphatic heterocycles. The van der Waals surface area contributed by atoms with Gasteiger partial charge in [0.1, 0.15) is 6.10 Å². The maximum atomic E-state index is 9.80. The van der Waals surface area contributed by atoms with Crippen LogP contribution in [0.3, 0.4) is 0 Å². The average molecular weight is 360 g/mol. The van der Waals surface area contributed by atoms with Gasteiger partial charge in [0.2, 0.25) is 5.88 Å². The number of hydrogen-bond acceptors (Lipinski definition) is 4. The van der Waals surface area contributed by atoms with Crippen LogP contribution in [0.5, 0.6) is 5.88 Å². The lowest BCUT2D eigenvalue weighted by Gasteiger charge is -2.22. The number of aliphatic hydroxyl groups is 1. The number of benzene rings is 2. The predicted octanol–water partition coefficient (Wildman–Crippen LogP) is 4.21. The molecule has 0 radical (unpaired) electrons. The number of pyridine rings is 1. The fraction of sp³-hybridized carbons (Fsp3) is 0.261. The summed E-state index contributed by atoms with van der Waals surface area (Å²) >= 11 is 0. The summed E-state index contributed by atoms with van der Waals surface area (Å²) in [6.07, 6.45) is 2.87. The molecule has 1 saturated heterocycles. The molecule has 1 fully saturated rings. The van der Waals surface area contributed by atoms with E-state index in [-0.39, 0.29) is 12.7 Å². The molecule has 1 aliphatic rings. The lowest BCUT2D eigenvalue weighted by Crippen LogP contribution is -2.25. The van der Waals surface area contributed by atoms with E-state index >= 15 is 0 Å². The van der Waals surface area contributed by atoms with E-state index in [1.54, 1.807) is 0 Å². The minimum absolute atomic E-state index is 0.0337. The summed E-state index contributed by atoms with van der Waals surface area (Å²) in [5, 5.41) is 9.80. The lowest BCUT2D eigenvalue weighted by molar-refractivity contribution is 0.215. The van der Waals surface area contributed by atoms with Crippen LogP contribution in [0.2, 0.25) is 0 Å². The second kappa shape index (κ2) is 7.80. The average Bonchev–Trinajstić information content (AvgIpc) is 3.18. The van der Waals surface area contributed by atoms with Crippen molar-refractivity contribution >= 4 is 5.69 Å². The summed E-state index contributed by atoms with van der Waals surface area (Å²) in [7, 11) is 0. The topological polar surface area (TPSA) is 45.6 Å². The van der Waals surface area contributed by atoms with Crippen molar-refractivity contribution in [3.05, 3.63) is 78.0 Å². The molecule has 2 heterocycles. The zero-order valence-corrected chi connectivity index (χ0v) is 15.5. The summed E-state index contributed by atoms with van der Waals surface area (Å²) in [5.41, 5.74) is 5.50. The predicted molar refractivity (Wildman–Crippen MR) is 108 cm³/mol.